The molecule has 1 saturated carbocycles. The van der Waals surface area contributed by atoms with Crippen molar-refractivity contribution in [2.75, 3.05) is 20.1 Å². The van der Waals surface area contributed by atoms with Crippen LogP contribution in [0.5, 0.6) is 0 Å². The molecule has 1 aliphatic carbocycles. The van der Waals surface area contributed by atoms with E-state index in [-0.39, 0.29) is 5.91 Å². The van der Waals surface area contributed by atoms with Gasteiger partial charge in [-0.05, 0) is 69.1 Å². The molecule has 1 aliphatic heterocycles. The quantitative estimate of drug-likeness (QED) is 0.842. The van der Waals surface area contributed by atoms with Crippen molar-refractivity contribution in [3.63, 3.8) is 0 Å². The number of piperidine rings is 1. The van der Waals surface area contributed by atoms with Crippen molar-refractivity contribution >= 4 is 5.91 Å². The molecule has 3 nitrogen and oxygen atoms in total. The van der Waals surface area contributed by atoms with Gasteiger partial charge in [0.15, 0.2) is 0 Å². The second-order valence-corrected chi connectivity index (χ2v) is 7.42. The number of hydrogen-bond donors (Lipinski definition) is 0. The lowest BCUT2D eigenvalue weighted by molar-refractivity contribution is 0.0569. The second-order valence-electron chi connectivity index (χ2n) is 7.42. The Morgan fingerprint density at radius 1 is 0.840 bits per heavy atom. The van der Waals surface area contributed by atoms with Crippen LogP contribution in [-0.4, -0.2) is 47.9 Å². The van der Waals surface area contributed by atoms with E-state index in [1.54, 1.807) is 0 Å². The van der Waals surface area contributed by atoms with E-state index in [4.69, 9.17) is 0 Å². The summed E-state index contributed by atoms with van der Waals surface area (Å²) in [6, 6.07) is 19.3. The lowest BCUT2D eigenvalue weighted by atomic mass is 10.0. The van der Waals surface area contributed by atoms with Gasteiger partial charge in [-0.2, -0.15) is 0 Å². The molecule has 3 heteroatoms. The van der Waals surface area contributed by atoms with Gasteiger partial charge in [-0.25, -0.2) is 0 Å². The molecule has 25 heavy (non-hydrogen) atoms. The van der Waals surface area contributed by atoms with Gasteiger partial charge in [-0.1, -0.05) is 42.5 Å². The normalized spacial score (nSPS) is 18.9. The third kappa shape index (κ3) is 3.62. The fourth-order valence-electron chi connectivity index (χ4n) is 3.84. The zero-order valence-corrected chi connectivity index (χ0v) is 14.9. The van der Waals surface area contributed by atoms with Crippen molar-refractivity contribution in [3.05, 3.63) is 60.2 Å². The highest BCUT2D eigenvalue weighted by atomic mass is 16.2. The van der Waals surface area contributed by atoms with E-state index in [0.29, 0.717) is 12.1 Å². The number of nitrogens with zero attached hydrogens (tertiary/aromatic N) is 2. The Balaban J connectivity index is 1.52. The molecule has 4 rings (SSSR count). The first-order valence-electron chi connectivity index (χ1n) is 9.39. The fraction of sp³-hybridized carbons (Fsp3) is 0.409. The smallest absolute Gasteiger partial charge is 0.254 e. The van der Waals surface area contributed by atoms with Crippen LogP contribution in [0.25, 0.3) is 11.1 Å². The number of hydrogen-bond acceptors (Lipinski definition) is 2. The van der Waals surface area contributed by atoms with Crippen LogP contribution in [0, 0.1) is 0 Å². The van der Waals surface area contributed by atoms with Crippen molar-refractivity contribution < 1.29 is 4.79 Å². The highest BCUT2D eigenvalue weighted by molar-refractivity contribution is 5.95. The van der Waals surface area contributed by atoms with Crippen LogP contribution in [0.2, 0.25) is 0 Å². The number of benzene rings is 2. The molecule has 1 saturated heterocycles. The molecule has 0 N–H and O–H groups in total. The zero-order valence-electron chi connectivity index (χ0n) is 14.9. The topological polar surface area (TPSA) is 23.6 Å². The van der Waals surface area contributed by atoms with Gasteiger partial charge in [-0.3, -0.25) is 4.79 Å². The van der Waals surface area contributed by atoms with E-state index < -0.39 is 0 Å². The monoisotopic (exact) mass is 334 g/mol. The van der Waals surface area contributed by atoms with E-state index in [9.17, 15) is 4.79 Å². The summed E-state index contributed by atoms with van der Waals surface area (Å²) >= 11 is 0. The maximum atomic E-state index is 13.2. The van der Waals surface area contributed by atoms with Crippen LogP contribution in [0.3, 0.4) is 0 Å². The van der Waals surface area contributed by atoms with Crippen LogP contribution in [0.15, 0.2) is 54.6 Å². The van der Waals surface area contributed by atoms with Gasteiger partial charge in [-0.15, -0.1) is 0 Å². The summed E-state index contributed by atoms with van der Waals surface area (Å²) in [5.41, 5.74) is 3.18. The van der Waals surface area contributed by atoms with Gasteiger partial charge in [0.1, 0.15) is 0 Å². The van der Waals surface area contributed by atoms with Gasteiger partial charge in [0.05, 0.1) is 0 Å². The third-order valence-electron chi connectivity index (χ3n) is 5.50. The molecule has 1 amide bonds. The summed E-state index contributed by atoms with van der Waals surface area (Å²) in [4.78, 5) is 17.7. The average molecular weight is 334 g/mol. The minimum atomic E-state index is 0.219. The van der Waals surface area contributed by atoms with Crippen LogP contribution in [0.4, 0.5) is 0 Å². The average Bonchev–Trinajstić information content (AvgIpc) is 3.49. The molecule has 2 aromatic rings. The highest BCUT2D eigenvalue weighted by Crippen LogP contribution is 2.33. The van der Waals surface area contributed by atoms with Gasteiger partial charge < -0.3 is 9.80 Å². The summed E-state index contributed by atoms with van der Waals surface area (Å²) in [5, 5.41) is 0. The van der Waals surface area contributed by atoms with Gasteiger partial charge in [0.2, 0.25) is 0 Å². The summed E-state index contributed by atoms with van der Waals surface area (Å²) in [6.45, 7) is 2.18. The number of likely N-dealkylation sites (tertiary alicyclic amines) is 1. The Bertz CT molecular complexity index is 713. The third-order valence-corrected chi connectivity index (χ3v) is 5.50. The molecule has 130 valence electrons. The Labute approximate surface area is 150 Å². The summed E-state index contributed by atoms with van der Waals surface area (Å²) < 4.78 is 0. The van der Waals surface area contributed by atoms with E-state index in [1.165, 1.54) is 18.4 Å². The largest absolute Gasteiger partial charge is 0.333 e. The number of rotatable bonds is 4. The van der Waals surface area contributed by atoms with Crippen LogP contribution in [-0.2, 0) is 0 Å². The predicted octanol–water partition coefficient (Wildman–Crippen LogP) is 4.05. The van der Waals surface area contributed by atoms with Crippen LogP contribution >= 0.6 is 0 Å². The molecule has 1 heterocycles. The summed E-state index contributed by atoms with van der Waals surface area (Å²) in [5.74, 6) is 0.219. The SMILES string of the molecule is CN1CCC(N(C(=O)c2ccc(-c3ccccc3)cc2)C2CC2)CC1. The molecular formula is C22H26N2O. The standard InChI is InChI=1S/C22H26N2O/c1-23-15-13-21(14-16-23)24(20-11-12-20)22(25)19-9-7-18(8-10-19)17-5-3-2-4-6-17/h2-10,20-21H,11-16H2,1H3. The van der Waals surface area contributed by atoms with Crippen molar-refractivity contribution in [2.24, 2.45) is 0 Å². The molecular weight excluding hydrogens is 308 g/mol. The second kappa shape index (κ2) is 7.01. The van der Waals surface area contributed by atoms with Crippen LogP contribution in [0.1, 0.15) is 36.0 Å². The van der Waals surface area contributed by atoms with E-state index >= 15 is 0 Å². The van der Waals surface area contributed by atoms with Crippen LogP contribution < -0.4 is 0 Å². The van der Waals surface area contributed by atoms with Gasteiger partial charge in [0.25, 0.3) is 5.91 Å². The Morgan fingerprint density at radius 2 is 1.40 bits per heavy atom. The Hall–Kier alpha value is -2.13. The lowest BCUT2D eigenvalue weighted by Crippen LogP contribution is -2.47. The molecule has 0 bridgehead atoms. The predicted molar refractivity (Wildman–Crippen MR) is 102 cm³/mol. The van der Waals surface area contributed by atoms with Crippen molar-refractivity contribution in [2.45, 2.75) is 37.8 Å². The van der Waals surface area contributed by atoms with E-state index in [0.717, 1.165) is 37.1 Å². The molecule has 2 fully saturated rings. The molecule has 2 aliphatic rings. The Kier molecular flexibility index (Phi) is 4.58. The van der Waals surface area contributed by atoms with Gasteiger partial charge >= 0.3 is 0 Å². The van der Waals surface area contributed by atoms with E-state index in [1.807, 2.05) is 30.3 Å². The first-order valence-corrected chi connectivity index (χ1v) is 9.39. The first-order chi connectivity index (χ1) is 12.2. The van der Waals surface area contributed by atoms with Gasteiger partial charge in [0, 0.05) is 17.6 Å². The lowest BCUT2D eigenvalue weighted by Gasteiger charge is -2.37. The minimum Gasteiger partial charge on any atom is -0.333 e. The maximum Gasteiger partial charge on any atom is 0.254 e. The number of carbonyl (C=O) groups excluding carboxylic acids is 1. The number of amides is 1. The minimum absolute atomic E-state index is 0.219. The highest BCUT2D eigenvalue weighted by Gasteiger charge is 2.38. The van der Waals surface area contributed by atoms with E-state index in [2.05, 4.69) is 41.1 Å². The molecule has 2 aromatic carbocycles. The summed E-state index contributed by atoms with van der Waals surface area (Å²) in [7, 11) is 2.17. The number of carbonyl (C=O) groups is 1. The fourth-order valence-corrected chi connectivity index (χ4v) is 3.84. The summed E-state index contributed by atoms with van der Waals surface area (Å²) in [6.07, 6.45) is 4.53. The molecule has 0 unspecified atom stereocenters. The van der Waals surface area contributed by atoms with Crippen molar-refractivity contribution in [1.29, 1.82) is 0 Å². The zero-order chi connectivity index (χ0) is 17.2. The van der Waals surface area contributed by atoms with Crippen molar-refractivity contribution in [3.8, 4) is 11.1 Å². The van der Waals surface area contributed by atoms with Crippen molar-refractivity contribution in [1.82, 2.24) is 9.80 Å². The molecule has 0 radical (unpaired) electrons. The molecule has 0 aromatic heterocycles. The molecule has 0 atom stereocenters. The Morgan fingerprint density at radius 3 is 2.00 bits per heavy atom. The maximum absolute atomic E-state index is 13.2. The molecule has 0 spiro atoms. The first kappa shape index (κ1) is 16.3.